The molecule has 178 valence electrons. The molecule has 2 aromatic rings. The first-order chi connectivity index (χ1) is 16.5. The number of cyclic esters (lactones) is 1. The number of carbonyl (C=O) groups is 2. The molecule has 1 aromatic heterocycles. The van der Waals surface area contributed by atoms with Crippen molar-refractivity contribution in [3.8, 4) is 0 Å². The van der Waals surface area contributed by atoms with Gasteiger partial charge in [0.1, 0.15) is 18.6 Å². The normalized spacial score (nSPS) is 21.7. The van der Waals surface area contributed by atoms with Gasteiger partial charge in [0, 0.05) is 31.2 Å². The number of hydrazone groups is 1. The van der Waals surface area contributed by atoms with Gasteiger partial charge in [0.2, 0.25) is 0 Å². The van der Waals surface area contributed by atoms with Crippen molar-refractivity contribution in [1.82, 2.24) is 14.8 Å². The van der Waals surface area contributed by atoms with Gasteiger partial charge in [0.15, 0.2) is 0 Å². The van der Waals surface area contributed by atoms with Gasteiger partial charge in [-0.05, 0) is 61.6 Å². The number of hydrogen-bond acceptors (Lipinski definition) is 8. The second kappa shape index (κ2) is 9.03. The predicted octanol–water partition coefficient (Wildman–Crippen LogP) is 1.03. The Labute approximate surface area is 198 Å². The van der Waals surface area contributed by atoms with Crippen molar-refractivity contribution in [3.05, 3.63) is 58.4 Å². The largest absolute Gasteiger partial charge is 0.457 e. The van der Waals surface area contributed by atoms with Crippen molar-refractivity contribution in [2.45, 2.75) is 32.4 Å². The number of esters is 1. The topological polar surface area (TPSA) is 130 Å². The molecule has 10 nitrogen and oxygen atoms in total. The van der Waals surface area contributed by atoms with Crippen molar-refractivity contribution in [3.63, 3.8) is 0 Å². The maximum Gasteiger partial charge on any atom is 0.338 e. The number of likely N-dealkylation sites (tertiary alicyclic amines) is 2. The van der Waals surface area contributed by atoms with E-state index in [-0.39, 0.29) is 11.9 Å². The molecule has 2 fully saturated rings. The van der Waals surface area contributed by atoms with E-state index in [4.69, 9.17) is 16.4 Å². The van der Waals surface area contributed by atoms with Gasteiger partial charge in [0.25, 0.3) is 5.91 Å². The number of carbonyl (C=O) groups excluding carboxylic acids is 2. The Balaban J connectivity index is 1.20. The van der Waals surface area contributed by atoms with Gasteiger partial charge >= 0.3 is 5.97 Å². The van der Waals surface area contributed by atoms with Gasteiger partial charge in [-0.2, -0.15) is 5.10 Å². The van der Waals surface area contributed by atoms with E-state index in [9.17, 15) is 9.59 Å². The van der Waals surface area contributed by atoms with Gasteiger partial charge < -0.3 is 15.5 Å². The molecule has 0 radical (unpaired) electrons. The van der Waals surface area contributed by atoms with Crippen LogP contribution in [0, 0.1) is 12.8 Å². The average molecular weight is 464 g/mol. The first kappa shape index (κ1) is 22.3. The van der Waals surface area contributed by atoms with Crippen LogP contribution in [0.1, 0.15) is 44.0 Å². The molecule has 1 amide bonds. The molecule has 10 heteroatoms. The second-order valence-corrected chi connectivity index (χ2v) is 9.14. The second-order valence-electron chi connectivity index (χ2n) is 9.14. The van der Waals surface area contributed by atoms with Crippen LogP contribution in [0.4, 0.5) is 5.69 Å². The van der Waals surface area contributed by atoms with E-state index in [1.807, 2.05) is 11.0 Å². The molecule has 0 spiro atoms. The van der Waals surface area contributed by atoms with Gasteiger partial charge in [-0.3, -0.25) is 14.7 Å². The summed E-state index contributed by atoms with van der Waals surface area (Å²) in [6.45, 7) is 5.89. The average Bonchev–Trinajstić information content (AvgIpc) is 3.54. The number of aromatic nitrogens is 1. The zero-order valence-corrected chi connectivity index (χ0v) is 19.2. The SMILES string of the molecule is Cc1c(CCN2CCC3CN(C(=O)c4ccc(N(N)/C=N\N)cn4)CC32)ccc2c1COC2=O. The maximum absolute atomic E-state index is 13.1. The Kier molecular flexibility index (Phi) is 5.93. The molecule has 0 saturated carbocycles. The summed E-state index contributed by atoms with van der Waals surface area (Å²) in [5.41, 5.74) is 5.12. The first-order valence-corrected chi connectivity index (χ1v) is 11.5. The third-order valence-corrected chi connectivity index (χ3v) is 7.35. The van der Waals surface area contributed by atoms with Crippen LogP contribution >= 0.6 is 0 Å². The molecule has 2 saturated heterocycles. The highest BCUT2D eigenvalue weighted by Gasteiger charge is 2.42. The van der Waals surface area contributed by atoms with Gasteiger partial charge in [-0.25, -0.2) is 15.6 Å². The van der Waals surface area contributed by atoms with Crippen LogP contribution in [0.5, 0.6) is 0 Å². The van der Waals surface area contributed by atoms with Crippen LogP contribution in [-0.4, -0.2) is 65.2 Å². The van der Waals surface area contributed by atoms with E-state index in [2.05, 4.69) is 28.0 Å². The van der Waals surface area contributed by atoms with Crippen molar-refractivity contribution >= 4 is 23.9 Å². The zero-order chi connectivity index (χ0) is 23.8. The van der Waals surface area contributed by atoms with E-state index in [1.165, 1.54) is 23.1 Å². The van der Waals surface area contributed by atoms with Gasteiger partial charge in [-0.15, -0.1) is 0 Å². The third kappa shape index (κ3) is 3.99. The number of benzene rings is 1. The fourth-order valence-electron chi connectivity index (χ4n) is 5.39. The standard InChI is InChI=1S/C24H29N7O3/c1-15-16(2-4-19-20(15)13-34-24(19)33)6-8-29-9-7-17-11-30(12-22(17)29)23(32)21-5-3-18(10-27-21)31(26)14-28-25/h2-5,10,14,17,22H,6-9,11-13,25-26H2,1H3/b28-14-. The molecule has 3 aliphatic heterocycles. The maximum atomic E-state index is 13.1. The fourth-order valence-corrected chi connectivity index (χ4v) is 5.39. The molecule has 4 heterocycles. The minimum atomic E-state index is -0.225. The minimum absolute atomic E-state index is 0.0592. The molecule has 1 aromatic carbocycles. The summed E-state index contributed by atoms with van der Waals surface area (Å²) in [6.07, 6.45) is 4.81. The van der Waals surface area contributed by atoms with Crippen molar-refractivity contribution in [2.75, 3.05) is 31.2 Å². The summed E-state index contributed by atoms with van der Waals surface area (Å²) in [5, 5.41) is 4.62. The number of nitrogens with zero attached hydrogens (tertiary/aromatic N) is 5. The molecule has 3 aliphatic rings. The Hall–Kier alpha value is -3.50. The highest BCUT2D eigenvalue weighted by atomic mass is 16.5. The quantitative estimate of drug-likeness (QED) is 0.214. The van der Waals surface area contributed by atoms with E-state index in [0.717, 1.165) is 43.6 Å². The smallest absolute Gasteiger partial charge is 0.338 e. The highest BCUT2D eigenvalue weighted by Crippen LogP contribution is 2.33. The van der Waals surface area contributed by atoms with E-state index in [1.54, 1.807) is 12.1 Å². The molecular weight excluding hydrogens is 434 g/mol. The third-order valence-electron chi connectivity index (χ3n) is 7.35. The van der Waals surface area contributed by atoms with Crippen molar-refractivity contribution < 1.29 is 14.3 Å². The monoisotopic (exact) mass is 463 g/mol. The van der Waals surface area contributed by atoms with Crippen LogP contribution in [0.15, 0.2) is 35.6 Å². The van der Waals surface area contributed by atoms with Gasteiger partial charge in [0.05, 0.1) is 17.4 Å². The number of rotatable bonds is 6. The van der Waals surface area contributed by atoms with E-state index >= 15 is 0 Å². The summed E-state index contributed by atoms with van der Waals surface area (Å²) < 4.78 is 5.18. The van der Waals surface area contributed by atoms with Crippen LogP contribution < -0.4 is 16.7 Å². The summed E-state index contributed by atoms with van der Waals surface area (Å²) in [5.74, 6) is 11.1. The van der Waals surface area contributed by atoms with Gasteiger partial charge in [-0.1, -0.05) is 6.07 Å². The van der Waals surface area contributed by atoms with Crippen molar-refractivity contribution in [1.29, 1.82) is 0 Å². The number of hydrazine groups is 1. The van der Waals surface area contributed by atoms with E-state index < -0.39 is 0 Å². The lowest BCUT2D eigenvalue weighted by atomic mass is 9.96. The lowest BCUT2D eigenvalue weighted by molar-refractivity contribution is 0.0534. The Morgan fingerprint density at radius 2 is 2.18 bits per heavy atom. The molecule has 4 N–H and O–H groups in total. The summed E-state index contributed by atoms with van der Waals surface area (Å²) in [6, 6.07) is 7.71. The summed E-state index contributed by atoms with van der Waals surface area (Å²) in [4.78, 5) is 33.6. The highest BCUT2D eigenvalue weighted by molar-refractivity contribution is 5.94. The Morgan fingerprint density at radius 3 is 2.94 bits per heavy atom. The minimum Gasteiger partial charge on any atom is -0.457 e. The number of hydrogen-bond donors (Lipinski definition) is 2. The van der Waals surface area contributed by atoms with Crippen LogP contribution in [0.2, 0.25) is 0 Å². The van der Waals surface area contributed by atoms with Crippen LogP contribution in [-0.2, 0) is 17.8 Å². The van der Waals surface area contributed by atoms with Crippen molar-refractivity contribution in [2.24, 2.45) is 22.7 Å². The lowest BCUT2D eigenvalue weighted by Crippen LogP contribution is -2.38. The number of nitrogens with two attached hydrogens (primary N) is 2. The number of pyridine rings is 1. The Bertz CT molecular complexity index is 1130. The summed E-state index contributed by atoms with van der Waals surface area (Å²) in [7, 11) is 0. The predicted molar refractivity (Wildman–Crippen MR) is 127 cm³/mol. The first-order valence-electron chi connectivity index (χ1n) is 11.5. The lowest BCUT2D eigenvalue weighted by Gasteiger charge is -2.25. The summed E-state index contributed by atoms with van der Waals surface area (Å²) >= 11 is 0. The zero-order valence-electron chi connectivity index (χ0n) is 19.2. The van der Waals surface area contributed by atoms with Crippen LogP contribution in [0.3, 0.4) is 0 Å². The molecule has 0 aliphatic carbocycles. The van der Waals surface area contributed by atoms with E-state index in [0.29, 0.717) is 42.1 Å². The molecule has 2 unspecified atom stereocenters. The fraction of sp³-hybridized carbons (Fsp3) is 0.417. The molecule has 5 rings (SSSR count). The number of fused-ring (bicyclic) bond motifs is 2. The molecule has 0 bridgehead atoms. The number of ether oxygens (including phenoxy) is 1. The van der Waals surface area contributed by atoms with Crippen LogP contribution in [0.25, 0.3) is 0 Å². The number of amides is 1. The molecule has 34 heavy (non-hydrogen) atoms. The molecule has 2 atom stereocenters. The molecular formula is C24H29N7O3. The Morgan fingerprint density at radius 1 is 1.32 bits per heavy atom. The number of anilines is 1.